The third kappa shape index (κ3) is 4.95. The van der Waals surface area contributed by atoms with Gasteiger partial charge >= 0.3 is 0 Å². The van der Waals surface area contributed by atoms with Gasteiger partial charge in [0, 0.05) is 12.1 Å². The molecule has 6 heteroatoms. The number of carbonyl (C=O) groups is 1. The van der Waals surface area contributed by atoms with Gasteiger partial charge in [0.25, 0.3) is 5.91 Å². The molecular weight excluding hydrogens is 382 g/mol. The average Bonchev–Trinajstić information content (AvgIpc) is 3.12. The van der Waals surface area contributed by atoms with Gasteiger partial charge in [0.05, 0.1) is 16.8 Å². The summed E-state index contributed by atoms with van der Waals surface area (Å²) in [7, 11) is 0. The summed E-state index contributed by atoms with van der Waals surface area (Å²) in [6, 6.07) is 13.6. The molecule has 3 aromatic rings. The van der Waals surface area contributed by atoms with Crippen molar-refractivity contribution in [3.8, 4) is 5.75 Å². The maximum atomic E-state index is 12.6. The lowest BCUT2D eigenvalue weighted by Crippen LogP contribution is -2.32. The maximum Gasteiger partial charge on any atom is 0.257 e. The molecule has 1 fully saturated rings. The first-order chi connectivity index (χ1) is 14.1. The largest absolute Gasteiger partial charge is 0.494 e. The number of hydrogen-bond donors (Lipinski definition) is 1. The van der Waals surface area contributed by atoms with Gasteiger partial charge in [-0.3, -0.25) is 15.0 Å². The third-order valence-electron chi connectivity index (χ3n) is 5.36. The number of ether oxygens (including phenoxy) is 1. The number of piperidine rings is 1. The molecule has 0 aliphatic carbocycles. The summed E-state index contributed by atoms with van der Waals surface area (Å²) in [5.41, 5.74) is 2.79. The lowest BCUT2D eigenvalue weighted by Gasteiger charge is -2.30. The Morgan fingerprint density at radius 2 is 2.07 bits per heavy atom. The number of carbonyl (C=O) groups excluding carboxylic acids is 1. The molecule has 1 N–H and O–H groups in total. The summed E-state index contributed by atoms with van der Waals surface area (Å²) >= 11 is 1.52. The van der Waals surface area contributed by atoms with E-state index in [1.165, 1.54) is 42.8 Å². The molecule has 4 rings (SSSR count). The van der Waals surface area contributed by atoms with Crippen molar-refractivity contribution in [3.05, 3.63) is 53.6 Å². The Morgan fingerprint density at radius 1 is 1.24 bits per heavy atom. The van der Waals surface area contributed by atoms with Gasteiger partial charge in [-0.1, -0.05) is 30.4 Å². The van der Waals surface area contributed by atoms with Crippen molar-refractivity contribution in [3.63, 3.8) is 0 Å². The molecule has 0 spiro atoms. The van der Waals surface area contributed by atoms with Gasteiger partial charge in [0.15, 0.2) is 5.13 Å². The Kier molecular flexibility index (Phi) is 6.11. The Hall–Kier alpha value is -2.44. The van der Waals surface area contributed by atoms with E-state index in [0.717, 1.165) is 22.7 Å². The highest BCUT2D eigenvalue weighted by atomic mass is 32.1. The van der Waals surface area contributed by atoms with Crippen LogP contribution in [0.2, 0.25) is 0 Å². The fourth-order valence-corrected chi connectivity index (χ4v) is 4.59. The van der Waals surface area contributed by atoms with Gasteiger partial charge in [-0.05, 0) is 74.7 Å². The van der Waals surface area contributed by atoms with Crippen LogP contribution in [-0.4, -0.2) is 35.5 Å². The van der Waals surface area contributed by atoms with Crippen LogP contribution >= 0.6 is 11.3 Å². The highest BCUT2D eigenvalue weighted by molar-refractivity contribution is 7.22. The molecule has 0 radical (unpaired) electrons. The molecule has 1 aliphatic heterocycles. The summed E-state index contributed by atoms with van der Waals surface area (Å²) in [6.07, 6.45) is 2.56. The second kappa shape index (κ2) is 8.93. The number of amides is 1. The highest BCUT2D eigenvalue weighted by Crippen LogP contribution is 2.28. The second-order valence-corrected chi connectivity index (χ2v) is 8.73. The van der Waals surface area contributed by atoms with Crippen molar-refractivity contribution in [1.29, 1.82) is 0 Å². The lowest BCUT2D eigenvalue weighted by molar-refractivity contribution is 0.102. The van der Waals surface area contributed by atoms with Crippen LogP contribution in [0.3, 0.4) is 0 Å². The number of thiazole rings is 1. The molecule has 29 heavy (non-hydrogen) atoms. The predicted molar refractivity (Wildman–Crippen MR) is 119 cm³/mol. The van der Waals surface area contributed by atoms with E-state index in [1.807, 2.05) is 19.1 Å². The van der Waals surface area contributed by atoms with Crippen molar-refractivity contribution in [2.24, 2.45) is 5.92 Å². The minimum Gasteiger partial charge on any atom is -0.494 e. The molecule has 1 amide bonds. The molecule has 1 aliphatic rings. The van der Waals surface area contributed by atoms with E-state index < -0.39 is 0 Å². The van der Waals surface area contributed by atoms with Crippen LogP contribution in [0.5, 0.6) is 5.75 Å². The van der Waals surface area contributed by atoms with E-state index in [1.54, 1.807) is 12.1 Å². The van der Waals surface area contributed by atoms with Crippen LogP contribution in [-0.2, 0) is 6.54 Å². The lowest BCUT2D eigenvalue weighted by atomic mass is 9.99. The van der Waals surface area contributed by atoms with Gasteiger partial charge < -0.3 is 4.74 Å². The summed E-state index contributed by atoms with van der Waals surface area (Å²) in [6.45, 7) is 8.15. The van der Waals surface area contributed by atoms with Gasteiger partial charge in [-0.25, -0.2) is 4.98 Å². The number of nitrogens with zero attached hydrogens (tertiary/aromatic N) is 2. The van der Waals surface area contributed by atoms with E-state index in [4.69, 9.17) is 4.74 Å². The maximum absolute atomic E-state index is 12.6. The number of benzene rings is 2. The van der Waals surface area contributed by atoms with Crippen molar-refractivity contribution in [2.75, 3.05) is 25.0 Å². The van der Waals surface area contributed by atoms with Crippen molar-refractivity contribution in [2.45, 2.75) is 33.2 Å². The number of fused-ring (bicyclic) bond motifs is 1. The van der Waals surface area contributed by atoms with Gasteiger partial charge in [0.1, 0.15) is 5.75 Å². The highest BCUT2D eigenvalue weighted by Gasteiger charge is 2.16. The molecule has 0 atom stereocenters. The molecule has 0 bridgehead atoms. The Labute approximate surface area is 175 Å². The molecule has 1 aromatic heterocycles. The predicted octanol–water partition coefficient (Wildman–Crippen LogP) is 5.18. The fraction of sp³-hybridized carbons (Fsp3) is 0.391. The summed E-state index contributed by atoms with van der Waals surface area (Å²) in [5, 5.41) is 3.55. The zero-order chi connectivity index (χ0) is 20.2. The normalized spacial score (nSPS) is 15.5. The standard InChI is InChI=1S/C23H27N3O2S/c1-3-28-19-6-4-5-18(14-19)22(27)25-23-24-20-8-7-17(13-21(20)29-23)15-26-11-9-16(2)10-12-26/h4-8,13-14,16H,3,9-12,15H2,1-2H3,(H,24,25,27). The van der Waals surface area contributed by atoms with Crippen LogP contribution in [0.25, 0.3) is 10.2 Å². The molecule has 1 saturated heterocycles. The van der Waals surface area contributed by atoms with E-state index >= 15 is 0 Å². The third-order valence-corrected chi connectivity index (χ3v) is 6.30. The van der Waals surface area contributed by atoms with Gasteiger partial charge in [0.2, 0.25) is 0 Å². The number of hydrogen-bond acceptors (Lipinski definition) is 5. The zero-order valence-electron chi connectivity index (χ0n) is 17.0. The van der Waals surface area contributed by atoms with Gasteiger partial charge in [-0.2, -0.15) is 0 Å². The number of likely N-dealkylation sites (tertiary alicyclic amines) is 1. The first kappa shape index (κ1) is 19.9. The van der Waals surface area contributed by atoms with E-state index in [-0.39, 0.29) is 5.91 Å². The van der Waals surface area contributed by atoms with E-state index in [2.05, 4.69) is 40.3 Å². The smallest absolute Gasteiger partial charge is 0.257 e. The Balaban J connectivity index is 1.44. The Bertz CT molecular complexity index is 993. The van der Waals surface area contributed by atoms with Crippen molar-refractivity contribution < 1.29 is 9.53 Å². The average molecular weight is 410 g/mol. The Morgan fingerprint density at radius 3 is 2.86 bits per heavy atom. The second-order valence-electron chi connectivity index (χ2n) is 7.69. The van der Waals surface area contributed by atoms with Crippen LogP contribution in [0.15, 0.2) is 42.5 Å². The monoisotopic (exact) mass is 409 g/mol. The summed E-state index contributed by atoms with van der Waals surface area (Å²) in [5.74, 6) is 1.37. The first-order valence-corrected chi connectivity index (χ1v) is 11.1. The number of nitrogens with one attached hydrogen (secondary N) is 1. The van der Waals surface area contributed by atoms with Crippen molar-refractivity contribution in [1.82, 2.24) is 9.88 Å². The molecule has 2 heterocycles. The number of anilines is 1. The van der Waals surface area contributed by atoms with E-state index in [9.17, 15) is 4.79 Å². The van der Waals surface area contributed by atoms with E-state index in [0.29, 0.717) is 23.1 Å². The summed E-state index contributed by atoms with van der Waals surface area (Å²) in [4.78, 5) is 19.7. The molecule has 0 saturated carbocycles. The zero-order valence-corrected chi connectivity index (χ0v) is 17.8. The molecule has 0 unspecified atom stereocenters. The topological polar surface area (TPSA) is 54.5 Å². The van der Waals surface area contributed by atoms with Crippen LogP contribution in [0, 0.1) is 5.92 Å². The van der Waals surface area contributed by atoms with Crippen LogP contribution in [0.4, 0.5) is 5.13 Å². The molecular formula is C23H27N3O2S. The molecule has 2 aromatic carbocycles. The molecule has 152 valence electrons. The van der Waals surface area contributed by atoms with Gasteiger partial charge in [-0.15, -0.1) is 0 Å². The molecule has 5 nitrogen and oxygen atoms in total. The van der Waals surface area contributed by atoms with Crippen LogP contribution in [0.1, 0.15) is 42.6 Å². The SMILES string of the molecule is CCOc1cccc(C(=O)Nc2nc3ccc(CN4CCC(C)CC4)cc3s2)c1. The minimum absolute atomic E-state index is 0.173. The minimum atomic E-state index is -0.173. The number of aromatic nitrogens is 1. The fourth-order valence-electron chi connectivity index (χ4n) is 3.66. The number of rotatable bonds is 6. The quantitative estimate of drug-likeness (QED) is 0.609. The first-order valence-electron chi connectivity index (χ1n) is 10.3. The van der Waals surface area contributed by atoms with Crippen LogP contribution < -0.4 is 10.1 Å². The summed E-state index contributed by atoms with van der Waals surface area (Å²) < 4.78 is 6.58. The van der Waals surface area contributed by atoms with Crippen molar-refractivity contribution >= 4 is 32.6 Å².